The standard InChI is InChI=1S/C17H25NO2/c1-11-6-12(2)8-13(7-11)14-9-18-10-15(14)16(19)20-17(3,4)5/h6-8,14-15,18H,9-10H2,1-5H3. The second-order valence-electron chi connectivity index (χ2n) is 6.83. The van der Waals surface area contributed by atoms with Gasteiger partial charge in [0.2, 0.25) is 0 Å². The highest BCUT2D eigenvalue weighted by Gasteiger charge is 2.36. The molecule has 3 nitrogen and oxygen atoms in total. The maximum absolute atomic E-state index is 12.4. The van der Waals surface area contributed by atoms with Crippen LogP contribution >= 0.6 is 0 Å². The van der Waals surface area contributed by atoms with Crippen molar-refractivity contribution in [1.29, 1.82) is 0 Å². The summed E-state index contributed by atoms with van der Waals surface area (Å²) in [4.78, 5) is 12.4. The van der Waals surface area contributed by atoms with E-state index in [1.807, 2.05) is 20.8 Å². The maximum atomic E-state index is 12.4. The highest BCUT2D eigenvalue weighted by molar-refractivity contribution is 5.75. The second-order valence-corrected chi connectivity index (χ2v) is 6.83. The molecule has 20 heavy (non-hydrogen) atoms. The SMILES string of the molecule is Cc1cc(C)cc(C2CNCC2C(=O)OC(C)(C)C)c1. The Balaban J connectivity index is 2.20. The number of esters is 1. The van der Waals surface area contributed by atoms with E-state index in [-0.39, 0.29) is 17.8 Å². The molecule has 1 saturated heterocycles. The molecule has 1 N–H and O–H groups in total. The van der Waals surface area contributed by atoms with Gasteiger partial charge in [-0.3, -0.25) is 4.79 Å². The topological polar surface area (TPSA) is 38.3 Å². The monoisotopic (exact) mass is 275 g/mol. The number of ether oxygens (including phenoxy) is 1. The first-order valence-electron chi connectivity index (χ1n) is 7.28. The van der Waals surface area contributed by atoms with E-state index in [0.717, 1.165) is 6.54 Å². The molecule has 1 heterocycles. The third-order valence-electron chi connectivity index (χ3n) is 3.60. The van der Waals surface area contributed by atoms with Crippen molar-refractivity contribution >= 4 is 5.97 Å². The van der Waals surface area contributed by atoms with E-state index < -0.39 is 5.60 Å². The van der Waals surface area contributed by atoms with Crippen molar-refractivity contribution in [2.75, 3.05) is 13.1 Å². The Bertz CT molecular complexity index is 482. The van der Waals surface area contributed by atoms with Gasteiger partial charge in [0.15, 0.2) is 0 Å². The number of carbonyl (C=O) groups is 1. The zero-order chi connectivity index (χ0) is 14.9. The molecule has 0 saturated carbocycles. The van der Waals surface area contributed by atoms with Crippen LogP contribution < -0.4 is 5.32 Å². The molecule has 0 radical (unpaired) electrons. The molecule has 1 fully saturated rings. The number of rotatable bonds is 2. The molecule has 1 aliphatic heterocycles. The lowest BCUT2D eigenvalue weighted by molar-refractivity contribution is -0.159. The van der Waals surface area contributed by atoms with Gasteiger partial charge in [-0.25, -0.2) is 0 Å². The Labute approximate surface area is 121 Å². The average Bonchev–Trinajstić information content (AvgIpc) is 2.73. The predicted octanol–water partition coefficient (Wildman–Crippen LogP) is 2.95. The summed E-state index contributed by atoms with van der Waals surface area (Å²) in [5.74, 6) is 0.0329. The summed E-state index contributed by atoms with van der Waals surface area (Å²) >= 11 is 0. The quantitative estimate of drug-likeness (QED) is 0.843. The van der Waals surface area contributed by atoms with Crippen molar-refractivity contribution in [2.24, 2.45) is 5.92 Å². The molecular formula is C17H25NO2. The van der Waals surface area contributed by atoms with Gasteiger partial charge < -0.3 is 10.1 Å². The van der Waals surface area contributed by atoms with Crippen LogP contribution in [-0.2, 0) is 9.53 Å². The largest absolute Gasteiger partial charge is 0.460 e. The van der Waals surface area contributed by atoms with Gasteiger partial charge in [0.05, 0.1) is 5.92 Å². The molecule has 1 aromatic carbocycles. The maximum Gasteiger partial charge on any atom is 0.311 e. The van der Waals surface area contributed by atoms with Crippen LogP contribution in [0.2, 0.25) is 0 Å². The van der Waals surface area contributed by atoms with Crippen LogP contribution in [0, 0.1) is 19.8 Å². The zero-order valence-corrected chi connectivity index (χ0v) is 13.1. The number of benzene rings is 1. The van der Waals surface area contributed by atoms with Crippen LogP contribution in [-0.4, -0.2) is 24.7 Å². The van der Waals surface area contributed by atoms with Crippen molar-refractivity contribution in [3.05, 3.63) is 34.9 Å². The van der Waals surface area contributed by atoms with Gasteiger partial charge in [-0.05, 0) is 40.2 Å². The fraction of sp³-hybridized carbons (Fsp3) is 0.588. The third kappa shape index (κ3) is 3.60. The molecule has 0 aliphatic carbocycles. The predicted molar refractivity (Wildman–Crippen MR) is 80.9 cm³/mol. The number of hydrogen-bond donors (Lipinski definition) is 1. The summed E-state index contributed by atoms with van der Waals surface area (Å²) in [7, 11) is 0. The number of aryl methyl sites for hydroxylation is 2. The van der Waals surface area contributed by atoms with Crippen LogP contribution in [0.4, 0.5) is 0 Å². The minimum Gasteiger partial charge on any atom is -0.460 e. The lowest BCUT2D eigenvalue weighted by Crippen LogP contribution is -2.31. The van der Waals surface area contributed by atoms with Crippen molar-refractivity contribution in [3.63, 3.8) is 0 Å². The number of carbonyl (C=O) groups excluding carboxylic acids is 1. The summed E-state index contributed by atoms with van der Waals surface area (Å²) in [6.45, 7) is 11.5. The molecule has 0 aromatic heterocycles. The molecule has 0 spiro atoms. The number of hydrogen-bond acceptors (Lipinski definition) is 3. The van der Waals surface area contributed by atoms with Gasteiger partial charge in [-0.2, -0.15) is 0 Å². The zero-order valence-electron chi connectivity index (χ0n) is 13.1. The van der Waals surface area contributed by atoms with Crippen molar-refractivity contribution in [3.8, 4) is 0 Å². The van der Waals surface area contributed by atoms with Gasteiger partial charge in [0.1, 0.15) is 5.60 Å². The fourth-order valence-electron chi connectivity index (χ4n) is 2.88. The van der Waals surface area contributed by atoms with E-state index in [0.29, 0.717) is 6.54 Å². The molecule has 2 atom stereocenters. The highest BCUT2D eigenvalue weighted by Crippen LogP contribution is 2.31. The van der Waals surface area contributed by atoms with Crippen LogP contribution in [0.25, 0.3) is 0 Å². The summed E-state index contributed by atoms with van der Waals surface area (Å²) in [5, 5.41) is 3.33. The lowest BCUT2D eigenvalue weighted by atomic mass is 9.87. The van der Waals surface area contributed by atoms with Gasteiger partial charge in [-0.15, -0.1) is 0 Å². The molecule has 3 heteroatoms. The molecule has 2 unspecified atom stereocenters. The Hall–Kier alpha value is -1.35. The smallest absolute Gasteiger partial charge is 0.311 e. The van der Waals surface area contributed by atoms with E-state index in [4.69, 9.17) is 4.74 Å². The minimum atomic E-state index is -0.424. The molecule has 0 bridgehead atoms. The van der Waals surface area contributed by atoms with Crippen LogP contribution in [0.15, 0.2) is 18.2 Å². The first kappa shape index (κ1) is 15.0. The van der Waals surface area contributed by atoms with Crippen molar-refractivity contribution < 1.29 is 9.53 Å². The lowest BCUT2D eigenvalue weighted by Gasteiger charge is -2.25. The Morgan fingerprint density at radius 2 is 1.75 bits per heavy atom. The normalized spacial score (nSPS) is 22.9. The van der Waals surface area contributed by atoms with Crippen LogP contribution in [0.5, 0.6) is 0 Å². The van der Waals surface area contributed by atoms with Gasteiger partial charge in [0, 0.05) is 19.0 Å². The van der Waals surface area contributed by atoms with Gasteiger partial charge >= 0.3 is 5.97 Å². The van der Waals surface area contributed by atoms with Gasteiger partial charge in [-0.1, -0.05) is 29.3 Å². The van der Waals surface area contributed by atoms with E-state index in [9.17, 15) is 4.79 Å². The van der Waals surface area contributed by atoms with Gasteiger partial charge in [0.25, 0.3) is 0 Å². The van der Waals surface area contributed by atoms with Crippen LogP contribution in [0.3, 0.4) is 0 Å². The second kappa shape index (κ2) is 5.57. The summed E-state index contributed by atoms with van der Waals surface area (Å²) in [6.07, 6.45) is 0. The minimum absolute atomic E-state index is 0.0876. The van der Waals surface area contributed by atoms with Crippen LogP contribution in [0.1, 0.15) is 43.4 Å². The first-order valence-corrected chi connectivity index (χ1v) is 7.28. The van der Waals surface area contributed by atoms with E-state index >= 15 is 0 Å². The first-order chi connectivity index (χ1) is 9.26. The highest BCUT2D eigenvalue weighted by atomic mass is 16.6. The molecule has 0 amide bonds. The van der Waals surface area contributed by atoms with E-state index in [1.54, 1.807) is 0 Å². The molecule has 1 aliphatic rings. The molecule has 1 aromatic rings. The Kier molecular flexibility index (Phi) is 4.19. The average molecular weight is 275 g/mol. The van der Waals surface area contributed by atoms with Crippen molar-refractivity contribution in [2.45, 2.75) is 46.1 Å². The molecule has 110 valence electrons. The van der Waals surface area contributed by atoms with E-state index in [2.05, 4.69) is 37.4 Å². The third-order valence-corrected chi connectivity index (χ3v) is 3.60. The Morgan fingerprint density at radius 1 is 1.15 bits per heavy atom. The molecular weight excluding hydrogens is 250 g/mol. The fourth-order valence-corrected chi connectivity index (χ4v) is 2.88. The Morgan fingerprint density at radius 3 is 2.30 bits per heavy atom. The van der Waals surface area contributed by atoms with Crippen molar-refractivity contribution in [1.82, 2.24) is 5.32 Å². The summed E-state index contributed by atoms with van der Waals surface area (Å²) < 4.78 is 5.55. The summed E-state index contributed by atoms with van der Waals surface area (Å²) in [5.41, 5.74) is 3.31. The molecule has 2 rings (SSSR count). The van der Waals surface area contributed by atoms with E-state index in [1.165, 1.54) is 16.7 Å². The summed E-state index contributed by atoms with van der Waals surface area (Å²) in [6, 6.07) is 6.53. The number of nitrogens with one attached hydrogen (secondary N) is 1.